The number of hydrogen-bond acceptors (Lipinski definition) is 4. The minimum absolute atomic E-state index is 0.00800. The largest absolute Gasteiger partial charge is 0.494 e. The molecule has 134 valence electrons. The van der Waals surface area contributed by atoms with E-state index >= 15 is 0 Å². The van der Waals surface area contributed by atoms with Gasteiger partial charge < -0.3 is 5.11 Å². The van der Waals surface area contributed by atoms with Crippen LogP contribution in [0.5, 0.6) is 5.88 Å². The van der Waals surface area contributed by atoms with Crippen molar-refractivity contribution in [2.75, 3.05) is 0 Å². The Bertz CT molecular complexity index is 1050. The minimum atomic E-state index is -0.666. The van der Waals surface area contributed by atoms with Crippen LogP contribution in [0.4, 0.5) is 0 Å². The summed E-state index contributed by atoms with van der Waals surface area (Å²) < 4.78 is 0.936. The lowest BCUT2D eigenvalue weighted by Crippen LogP contribution is -2.26. The lowest BCUT2D eigenvalue weighted by atomic mass is 9.83. The molecular formula is C22H18N2O3. The minimum Gasteiger partial charge on any atom is -0.494 e. The summed E-state index contributed by atoms with van der Waals surface area (Å²) in [6.45, 7) is 1.51. The van der Waals surface area contributed by atoms with Crippen molar-refractivity contribution in [2.45, 2.75) is 12.8 Å². The van der Waals surface area contributed by atoms with Crippen LogP contribution in [-0.2, 0) is 7.05 Å². The fourth-order valence-corrected chi connectivity index (χ4v) is 3.24. The second kappa shape index (κ2) is 7.30. The molecule has 0 saturated heterocycles. The molecule has 0 unspecified atom stereocenters. The van der Waals surface area contributed by atoms with E-state index in [1.54, 1.807) is 0 Å². The first-order valence-electron chi connectivity index (χ1n) is 8.44. The van der Waals surface area contributed by atoms with Crippen molar-refractivity contribution in [3.8, 4) is 11.9 Å². The molecule has 3 rings (SSSR count). The summed E-state index contributed by atoms with van der Waals surface area (Å²) in [4.78, 5) is 25.7. The van der Waals surface area contributed by atoms with Crippen LogP contribution >= 0.6 is 0 Å². The fourth-order valence-electron chi connectivity index (χ4n) is 3.24. The predicted molar refractivity (Wildman–Crippen MR) is 102 cm³/mol. The van der Waals surface area contributed by atoms with Gasteiger partial charge >= 0.3 is 0 Å². The summed E-state index contributed by atoms with van der Waals surface area (Å²) in [5.74, 6) is -1.46. The number of Topliss-reactive ketones (excluding diaryl/α,β-unsaturated/α-hetero) is 1. The molecule has 0 aliphatic rings. The number of nitriles is 1. The molecule has 0 bridgehead atoms. The van der Waals surface area contributed by atoms with Gasteiger partial charge in [0.2, 0.25) is 5.88 Å². The second-order valence-electron chi connectivity index (χ2n) is 6.29. The SMILES string of the molecule is Cc1c(C(=O)C(c2ccccc2)c2ccccc2)c(O)n(C)c(=O)c1C#N. The van der Waals surface area contributed by atoms with Gasteiger partial charge in [-0.25, -0.2) is 0 Å². The topological polar surface area (TPSA) is 83.1 Å². The van der Waals surface area contributed by atoms with Gasteiger partial charge in [-0.05, 0) is 23.6 Å². The smallest absolute Gasteiger partial charge is 0.271 e. The molecule has 0 atom stereocenters. The number of carbonyl (C=O) groups is 1. The van der Waals surface area contributed by atoms with Crippen LogP contribution in [0.25, 0.3) is 0 Å². The molecule has 3 aromatic rings. The molecule has 0 amide bonds. The maximum atomic E-state index is 13.5. The maximum Gasteiger partial charge on any atom is 0.271 e. The highest BCUT2D eigenvalue weighted by Crippen LogP contribution is 2.33. The molecule has 0 aliphatic carbocycles. The van der Waals surface area contributed by atoms with Crippen LogP contribution in [0.3, 0.4) is 0 Å². The van der Waals surface area contributed by atoms with Crippen LogP contribution in [0, 0.1) is 18.3 Å². The number of pyridine rings is 1. The molecule has 0 spiro atoms. The number of ketones is 1. The van der Waals surface area contributed by atoms with Gasteiger partial charge in [0.15, 0.2) is 5.78 Å². The molecule has 2 aromatic carbocycles. The van der Waals surface area contributed by atoms with Gasteiger partial charge in [-0.3, -0.25) is 14.2 Å². The molecular weight excluding hydrogens is 340 g/mol. The summed E-state index contributed by atoms with van der Waals surface area (Å²) >= 11 is 0. The normalized spacial score (nSPS) is 10.6. The third kappa shape index (κ3) is 3.13. The number of carbonyl (C=O) groups excluding carboxylic acids is 1. The van der Waals surface area contributed by atoms with Crippen molar-refractivity contribution in [2.24, 2.45) is 7.05 Å². The second-order valence-corrected chi connectivity index (χ2v) is 6.29. The number of hydrogen-bond donors (Lipinski definition) is 1. The van der Waals surface area contributed by atoms with Gasteiger partial charge in [0.25, 0.3) is 5.56 Å². The Balaban J connectivity index is 2.28. The zero-order chi connectivity index (χ0) is 19.6. The standard InChI is InChI=1S/C22H18N2O3/c1-14-17(13-23)21(26)24(2)22(27)18(14)20(25)19(15-9-5-3-6-10-15)16-11-7-4-8-12-16/h3-12,19,27H,1-2H3. The van der Waals surface area contributed by atoms with Crippen molar-refractivity contribution in [1.82, 2.24) is 4.57 Å². The maximum absolute atomic E-state index is 13.5. The molecule has 0 saturated carbocycles. The summed E-state index contributed by atoms with van der Waals surface area (Å²) in [7, 11) is 1.34. The van der Waals surface area contributed by atoms with Gasteiger partial charge in [0, 0.05) is 7.05 Å². The van der Waals surface area contributed by atoms with E-state index in [0.717, 1.165) is 15.7 Å². The fraction of sp³-hybridized carbons (Fsp3) is 0.136. The zero-order valence-electron chi connectivity index (χ0n) is 15.0. The van der Waals surface area contributed by atoms with E-state index in [9.17, 15) is 20.0 Å². The van der Waals surface area contributed by atoms with Gasteiger partial charge in [-0.1, -0.05) is 60.7 Å². The van der Waals surface area contributed by atoms with Gasteiger partial charge in [-0.2, -0.15) is 5.26 Å². The predicted octanol–water partition coefficient (Wildman–Crippen LogP) is 3.29. The first kappa shape index (κ1) is 18.2. The molecule has 1 aromatic heterocycles. The van der Waals surface area contributed by atoms with Crippen LogP contribution in [-0.4, -0.2) is 15.5 Å². The first-order valence-corrected chi connectivity index (χ1v) is 8.44. The van der Waals surface area contributed by atoms with Crippen molar-refractivity contribution in [3.05, 3.63) is 98.8 Å². The van der Waals surface area contributed by atoms with Crippen LogP contribution in [0.1, 0.15) is 38.5 Å². The molecule has 0 fully saturated rings. The Morgan fingerprint density at radius 1 is 1.04 bits per heavy atom. The van der Waals surface area contributed by atoms with Crippen molar-refractivity contribution < 1.29 is 9.90 Å². The third-order valence-electron chi connectivity index (χ3n) is 4.70. The molecule has 1 heterocycles. The Morgan fingerprint density at radius 3 is 1.96 bits per heavy atom. The van der Waals surface area contributed by atoms with E-state index in [-0.39, 0.29) is 22.5 Å². The van der Waals surface area contributed by atoms with E-state index in [2.05, 4.69) is 0 Å². The van der Waals surface area contributed by atoms with Crippen molar-refractivity contribution >= 4 is 5.78 Å². The summed E-state index contributed by atoms with van der Waals surface area (Å²) in [5, 5.41) is 19.9. The number of aromatic hydroxyl groups is 1. The Hall–Kier alpha value is -3.65. The Kier molecular flexibility index (Phi) is 4.91. The number of benzene rings is 2. The van der Waals surface area contributed by atoms with E-state index in [1.807, 2.05) is 66.7 Å². The summed E-state index contributed by atoms with van der Waals surface area (Å²) in [6, 6.07) is 20.3. The van der Waals surface area contributed by atoms with E-state index < -0.39 is 17.4 Å². The highest BCUT2D eigenvalue weighted by atomic mass is 16.3. The highest BCUT2D eigenvalue weighted by Gasteiger charge is 2.30. The summed E-state index contributed by atoms with van der Waals surface area (Å²) in [6.07, 6.45) is 0. The highest BCUT2D eigenvalue weighted by molar-refractivity contribution is 6.06. The van der Waals surface area contributed by atoms with E-state index in [4.69, 9.17) is 0 Å². The van der Waals surface area contributed by atoms with Crippen LogP contribution in [0.2, 0.25) is 0 Å². The number of rotatable bonds is 4. The molecule has 5 nitrogen and oxygen atoms in total. The van der Waals surface area contributed by atoms with Crippen molar-refractivity contribution in [3.63, 3.8) is 0 Å². The molecule has 5 heteroatoms. The Morgan fingerprint density at radius 2 is 1.52 bits per heavy atom. The molecule has 0 aliphatic heterocycles. The van der Waals surface area contributed by atoms with Gasteiger partial charge in [0.05, 0.1) is 11.5 Å². The monoisotopic (exact) mass is 358 g/mol. The molecule has 27 heavy (non-hydrogen) atoms. The van der Waals surface area contributed by atoms with Crippen LogP contribution in [0.15, 0.2) is 65.5 Å². The Labute approximate surface area is 156 Å². The van der Waals surface area contributed by atoms with Gasteiger partial charge in [-0.15, -0.1) is 0 Å². The van der Waals surface area contributed by atoms with Crippen LogP contribution < -0.4 is 5.56 Å². The average Bonchev–Trinajstić information content (AvgIpc) is 2.69. The van der Waals surface area contributed by atoms with Gasteiger partial charge in [0.1, 0.15) is 11.6 Å². The summed E-state index contributed by atoms with van der Waals surface area (Å²) in [5.41, 5.74) is 0.949. The first-order chi connectivity index (χ1) is 13.0. The molecule has 0 radical (unpaired) electrons. The number of nitrogens with zero attached hydrogens (tertiary/aromatic N) is 2. The van der Waals surface area contributed by atoms with E-state index in [0.29, 0.717) is 0 Å². The van der Waals surface area contributed by atoms with E-state index in [1.165, 1.54) is 14.0 Å². The average molecular weight is 358 g/mol. The third-order valence-corrected chi connectivity index (χ3v) is 4.70. The van der Waals surface area contributed by atoms with Crippen molar-refractivity contribution in [1.29, 1.82) is 5.26 Å². The molecule has 1 N–H and O–H groups in total. The number of aromatic nitrogens is 1. The zero-order valence-corrected chi connectivity index (χ0v) is 15.0. The lowest BCUT2D eigenvalue weighted by Gasteiger charge is -2.20. The quantitative estimate of drug-likeness (QED) is 0.726. The lowest BCUT2D eigenvalue weighted by molar-refractivity contribution is 0.0969.